The van der Waals surface area contributed by atoms with Crippen molar-refractivity contribution in [1.29, 1.82) is 5.26 Å². The first kappa shape index (κ1) is 16.7. The number of ether oxygens (including phenoxy) is 3. The number of thiophene rings is 1. The molecular formula is C20H22N3O3S+. The van der Waals surface area contributed by atoms with E-state index in [0.717, 1.165) is 59.9 Å². The molecule has 2 N–H and O–H groups in total. The maximum atomic E-state index is 9.74. The van der Waals surface area contributed by atoms with Crippen molar-refractivity contribution in [2.75, 3.05) is 32.8 Å². The molecule has 2 atom stereocenters. The fraction of sp³-hybridized carbons (Fsp3) is 0.450. The van der Waals surface area contributed by atoms with Gasteiger partial charge in [0.1, 0.15) is 11.1 Å². The Hall–Kier alpha value is -2.43. The highest BCUT2D eigenvalue weighted by molar-refractivity contribution is 7.16. The van der Waals surface area contributed by atoms with Crippen LogP contribution in [0.1, 0.15) is 39.7 Å². The van der Waals surface area contributed by atoms with Gasteiger partial charge in [-0.3, -0.25) is 0 Å². The van der Waals surface area contributed by atoms with Gasteiger partial charge in [-0.15, -0.1) is 11.3 Å². The second-order valence-corrected chi connectivity index (χ2v) is 8.42. The van der Waals surface area contributed by atoms with Crippen LogP contribution >= 0.6 is 11.3 Å². The number of fused-ring (bicyclic) bond motifs is 3. The molecule has 5 rings (SSSR count). The van der Waals surface area contributed by atoms with E-state index >= 15 is 0 Å². The van der Waals surface area contributed by atoms with Crippen molar-refractivity contribution in [2.45, 2.75) is 31.8 Å². The third-order valence-corrected chi connectivity index (χ3v) is 7.05. The fourth-order valence-corrected chi connectivity index (χ4v) is 5.74. The third kappa shape index (κ3) is 2.47. The first-order chi connectivity index (χ1) is 13.2. The van der Waals surface area contributed by atoms with Crippen LogP contribution in [0.2, 0.25) is 0 Å². The number of benzene rings is 1. The van der Waals surface area contributed by atoms with E-state index in [9.17, 15) is 5.26 Å². The molecule has 0 radical (unpaired) electrons. The predicted octanol–water partition coefficient (Wildman–Crippen LogP) is 2.03. The van der Waals surface area contributed by atoms with Crippen molar-refractivity contribution >= 4 is 16.3 Å². The van der Waals surface area contributed by atoms with E-state index in [-0.39, 0.29) is 13.0 Å². The number of quaternary nitrogens is 1. The monoisotopic (exact) mass is 384 g/mol. The van der Waals surface area contributed by atoms with Gasteiger partial charge in [0, 0.05) is 11.3 Å². The van der Waals surface area contributed by atoms with Crippen LogP contribution in [-0.2, 0) is 19.3 Å². The maximum Gasteiger partial charge on any atom is 0.231 e. The molecule has 0 bridgehead atoms. The minimum absolute atomic E-state index is 0.00377. The van der Waals surface area contributed by atoms with Crippen molar-refractivity contribution in [2.24, 2.45) is 0 Å². The summed E-state index contributed by atoms with van der Waals surface area (Å²) < 4.78 is 17.0. The Balaban J connectivity index is 1.60. The van der Waals surface area contributed by atoms with E-state index in [1.165, 1.54) is 20.9 Å². The normalized spacial score (nSPS) is 22.1. The van der Waals surface area contributed by atoms with Gasteiger partial charge in [-0.05, 0) is 36.5 Å². The summed E-state index contributed by atoms with van der Waals surface area (Å²) in [7, 11) is 3.86. The first-order valence-corrected chi connectivity index (χ1v) is 10.2. The number of aryl methyl sites for hydroxylation is 1. The molecule has 0 spiro atoms. The van der Waals surface area contributed by atoms with Crippen LogP contribution in [-0.4, -0.2) is 27.5 Å². The van der Waals surface area contributed by atoms with Gasteiger partial charge >= 0.3 is 0 Å². The van der Waals surface area contributed by atoms with E-state index in [4.69, 9.17) is 14.2 Å². The number of methoxy groups -OCH3 is 1. The summed E-state index contributed by atoms with van der Waals surface area (Å²) in [6.07, 6.45) is 4.22. The molecular weight excluding hydrogens is 362 g/mol. The summed E-state index contributed by atoms with van der Waals surface area (Å²) in [5.41, 5.74) is 4.41. The Labute approximate surface area is 162 Å². The Kier molecular flexibility index (Phi) is 3.92. The zero-order valence-electron chi connectivity index (χ0n) is 15.5. The van der Waals surface area contributed by atoms with Crippen LogP contribution in [0.25, 0.3) is 0 Å². The first-order valence-electron chi connectivity index (χ1n) is 9.34. The lowest BCUT2D eigenvalue weighted by Gasteiger charge is -2.33. The van der Waals surface area contributed by atoms with Gasteiger partial charge in [0.25, 0.3) is 0 Å². The highest BCUT2D eigenvalue weighted by Crippen LogP contribution is 2.48. The minimum atomic E-state index is 0.00377. The quantitative estimate of drug-likeness (QED) is 0.848. The molecule has 0 saturated carbocycles. The van der Waals surface area contributed by atoms with Gasteiger partial charge in [-0.1, -0.05) is 0 Å². The maximum absolute atomic E-state index is 9.74. The molecule has 140 valence electrons. The average molecular weight is 384 g/mol. The molecule has 27 heavy (non-hydrogen) atoms. The van der Waals surface area contributed by atoms with Crippen LogP contribution in [0, 0.1) is 11.3 Å². The lowest BCUT2D eigenvalue weighted by Crippen LogP contribution is -3.11. The number of hydrogen-bond donors (Lipinski definition) is 2. The molecule has 0 amide bonds. The molecule has 0 fully saturated rings. The summed E-state index contributed by atoms with van der Waals surface area (Å²) in [5, 5.41) is 14.4. The molecule has 0 saturated heterocycles. The lowest BCUT2D eigenvalue weighted by atomic mass is 9.95. The number of rotatable bonds is 3. The molecule has 1 aromatic carbocycles. The minimum Gasteiger partial charge on any atom is -0.492 e. The van der Waals surface area contributed by atoms with Crippen LogP contribution in [0.4, 0.5) is 5.00 Å². The zero-order valence-corrected chi connectivity index (χ0v) is 16.3. The topological polar surface area (TPSA) is 68.0 Å². The molecule has 3 aliphatic rings. The van der Waals surface area contributed by atoms with Crippen molar-refractivity contribution in [3.8, 4) is 23.3 Å². The largest absolute Gasteiger partial charge is 0.492 e. The molecule has 2 aromatic rings. The summed E-state index contributed by atoms with van der Waals surface area (Å²) in [5.74, 6) is 2.20. The van der Waals surface area contributed by atoms with E-state index in [1.807, 2.05) is 0 Å². The highest BCUT2D eigenvalue weighted by atomic mass is 32.1. The zero-order chi connectivity index (χ0) is 18.5. The number of hydrogen-bond acceptors (Lipinski definition) is 6. The van der Waals surface area contributed by atoms with Crippen molar-refractivity contribution in [3.63, 3.8) is 0 Å². The summed E-state index contributed by atoms with van der Waals surface area (Å²) in [6.45, 7) is 1.23. The summed E-state index contributed by atoms with van der Waals surface area (Å²) in [4.78, 5) is 2.71. The van der Waals surface area contributed by atoms with Crippen LogP contribution in [0.5, 0.6) is 17.2 Å². The molecule has 1 aromatic heterocycles. The van der Waals surface area contributed by atoms with E-state index < -0.39 is 0 Å². The second-order valence-electron chi connectivity index (χ2n) is 7.31. The van der Waals surface area contributed by atoms with Gasteiger partial charge in [0.2, 0.25) is 12.5 Å². The van der Waals surface area contributed by atoms with Gasteiger partial charge in [-0.2, -0.15) is 5.26 Å². The van der Waals surface area contributed by atoms with Gasteiger partial charge < -0.3 is 24.4 Å². The number of nitriles is 1. The van der Waals surface area contributed by atoms with Crippen LogP contribution in [0.3, 0.4) is 0 Å². The van der Waals surface area contributed by atoms with E-state index in [0.29, 0.717) is 5.75 Å². The molecule has 2 aliphatic heterocycles. The number of nitrogens with zero attached hydrogens (tertiary/aromatic N) is 1. The van der Waals surface area contributed by atoms with Crippen LogP contribution in [0.15, 0.2) is 6.07 Å². The highest BCUT2D eigenvalue weighted by Gasteiger charge is 2.37. The van der Waals surface area contributed by atoms with Crippen molar-refractivity contribution in [3.05, 3.63) is 33.2 Å². The Morgan fingerprint density at radius 2 is 2.22 bits per heavy atom. The number of nitrogens with one attached hydrogen (secondary N) is 2. The Morgan fingerprint density at radius 1 is 1.33 bits per heavy atom. The molecule has 6 nitrogen and oxygen atoms in total. The van der Waals surface area contributed by atoms with Crippen LogP contribution < -0.4 is 24.4 Å². The van der Waals surface area contributed by atoms with Gasteiger partial charge in [0.05, 0.1) is 31.8 Å². The molecule has 3 heterocycles. The number of likely N-dealkylation sites (N-methyl/N-ethyl adjacent to an activating group) is 1. The average Bonchev–Trinajstić information content (AvgIpc) is 3.37. The van der Waals surface area contributed by atoms with Crippen molar-refractivity contribution < 1.29 is 19.1 Å². The molecule has 7 heteroatoms. The third-order valence-electron chi connectivity index (χ3n) is 5.83. The second kappa shape index (κ2) is 6.32. The standard InChI is InChI=1S/C20H21N3O3S/c1-23-7-6-11-8-14-17(26-10-25-14)18(24-2)16(11)19(23)22-20-13(9-21)12-4-3-5-15(12)27-20/h8,19,22H,3-7,10H2,1-2H3/p+1/t19-/m1/s1. The Morgan fingerprint density at radius 3 is 3.04 bits per heavy atom. The van der Waals surface area contributed by atoms with Crippen molar-refractivity contribution in [1.82, 2.24) is 0 Å². The molecule has 1 aliphatic carbocycles. The summed E-state index contributed by atoms with van der Waals surface area (Å²) >= 11 is 1.74. The van der Waals surface area contributed by atoms with Gasteiger partial charge in [0.15, 0.2) is 17.7 Å². The number of anilines is 1. The smallest absolute Gasteiger partial charge is 0.231 e. The van der Waals surface area contributed by atoms with E-state index in [2.05, 4.69) is 24.5 Å². The van der Waals surface area contributed by atoms with E-state index in [1.54, 1.807) is 18.4 Å². The summed E-state index contributed by atoms with van der Waals surface area (Å²) in [6, 6.07) is 4.52. The lowest BCUT2D eigenvalue weighted by molar-refractivity contribution is -0.910. The Bertz CT molecular complexity index is 963. The SMILES string of the molecule is COc1c2c(cc3c1[C@H](Nc1sc4c(c1C#N)CCC4)[NH+](C)CC3)OCO2. The molecule has 1 unspecified atom stereocenters. The predicted molar refractivity (Wildman–Crippen MR) is 102 cm³/mol. The fourth-order valence-electron chi connectivity index (χ4n) is 4.48. The van der Waals surface area contributed by atoms with Gasteiger partial charge in [-0.25, -0.2) is 0 Å².